The molecule has 0 spiro atoms. The van der Waals surface area contributed by atoms with Crippen LogP contribution >= 0.6 is 23.2 Å². The normalized spacial score (nSPS) is 10.3. The highest BCUT2D eigenvalue weighted by molar-refractivity contribution is 6.42. The van der Waals surface area contributed by atoms with Gasteiger partial charge in [0.05, 0.1) is 10.0 Å². The van der Waals surface area contributed by atoms with Crippen molar-refractivity contribution in [3.8, 4) is 0 Å². The molecule has 0 saturated heterocycles. The first-order chi connectivity index (χ1) is 8.66. The van der Waals surface area contributed by atoms with Crippen molar-refractivity contribution in [2.45, 2.75) is 12.8 Å². The molecule has 2 rings (SSSR count). The van der Waals surface area contributed by atoms with Gasteiger partial charge in [0.2, 0.25) is 11.9 Å². The third kappa shape index (κ3) is 3.21. The molecule has 1 aromatic carbocycles. The van der Waals surface area contributed by atoms with Crippen LogP contribution in [0.4, 0.5) is 5.95 Å². The van der Waals surface area contributed by atoms with E-state index in [1.807, 2.05) is 6.07 Å². The van der Waals surface area contributed by atoms with Gasteiger partial charge < -0.3 is 0 Å². The first kappa shape index (κ1) is 12.9. The van der Waals surface area contributed by atoms with Gasteiger partial charge in [-0.15, -0.1) is 0 Å². The van der Waals surface area contributed by atoms with Gasteiger partial charge in [-0.3, -0.25) is 10.1 Å². The van der Waals surface area contributed by atoms with E-state index in [1.54, 1.807) is 12.1 Å². The monoisotopic (exact) mass is 284 g/mol. The zero-order valence-electron chi connectivity index (χ0n) is 9.28. The van der Waals surface area contributed by atoms with Crippen molar-refractivity contribution in [1.82, 2.24) is 15.2 Å². The molecule has 2 aromatic rings. The first-order valence-electron chi connectivity index (χ1n) is 5.25. The molecule has 0 fully saturated rings. The maximum absolute atomic E-state index is 11.6. The van der Waals surface area contributed by atoms with Crippen LogP contribution in [0.2, 0.25) is 10.0 Å². The lowest BCUT2D eigenvalue weighted by Crippen LogP contribution is -2.13. The van der Waals surface area contributed by atoms with Gasteiger partial charge in [-0.2, -0.15) is 10.1 Å². The molecule has 2 N–H and O–H groups in total. The van der Waals surface area contributed by atoms with Crippen LogP contribution in [-0.2, 0) is 11.2 Å². The van der Waals surface area contributed by atoms with Crippen LogP contribution in [-0.4, -0.2) is 21.1 Å². The van der Waals surface area contributed by atoms with Gasteiger partial charge in [-0.25, -0.2) is 5.10 Å². The Morgan fingerprint density at radius 2 is 2.22 bits per heavy atom. The summed E-state index contributed by atoms with van der Waals surface area (Å²) in [6.45, 7) is 0. The van der Waals surface area contributed by atoms with E-state index in [-0.39, 0.29) is 5.91 Å². The number of hydrogen-bond acceptors (Lipinski definition) is 3. The van der Waals surface area contributed by atoms with Gasteiger partial charge in [0.25, 0.3) is 0 Å². The number of aromatic nitrogens is 3. The minimum atomic E-state index is -0.164. The van der Waals surface area contributed by atoms with Crippen LogP contribution in [0, 0.1) is 0 Å². The zero-order valence-corrected chi connectivity index (χ0v) is 10.8. The van der Waals surface area contributed by atoms with Crippen molar-refractivity contribution in [3.05, 3.63) is 40.1 Å². The number of nitrogens with one attached hydrogen (secondary N) is 2. The second-order valence-corrected chi connectivity index (χ2v) is 4.38. The van der Waals surface area contributed by atoms with E-state index >= 15 is 0 Å². The summed E-state index contributed by atoms with van der Waals surface area (Å²) in [4.78, 5) is 15.4. The predicted molar refractivity (Wildman–Crippen MR) is 69.8 cm³/mol. The lowest BCUT2D eigenvalue weighted by molar-refractivity contribution is -0.116. The van der Waals surface area contributed by atoms with E-state index in [0.717, 1.165) is 5.56 Å². The summed E-state index contributed by atoms with van der Waals surface area (Å²) in [5.41, 5.74) is 0.844. The molecule has 1 heterocycles. The van der Waals surface area contributed by atoms with Crippen LogP contribution in [0.15, 0.2) is 24.5 Å². The fourth-order valence-corrected chi connectivity index (χ4v) is 1.86. The van der Waals surface area contributed by atoms with E-state index in [0.29, 0.717) is 28.8 Å². The molecule has 0 saturated carbocycles. The van der Waals surface area contributed by atoms with E-state index in [4.69, 9.17) is 23.2 Å². The van der Waals surface area contributed by atoms with Crippen LogP contribution in [0.5, 0.6) is 0 Å². The molecule has 94 valence electrons. The van der Waals surface area contributed by atoms with Crippen molar-refractivity contribution in [2.24, 2.45) is 0 Å². The van der Waals surface area contributed by atoms with Crippen LogP contribution < -0.4 is 5.32 Å². The molecule has 0 unspecified atom stereocenters. The van der Waals surface area contributed by atoms with Crippen molar-refractivity contribution in [2.75, 3.05) is 5.32 Å². The molecule has 0 bridgehead atoms. The van der Waals surface area contributed by atoms with Crippen LogP contribution in [0.25, 0.3) is 0 Å². The lowest BCUT2D eigenvalue weighted by atomic mass is 10.1. The Morgan fingerprint density at radius 1 is 1.39 bits per heavy atom. The number of aryl methyl sites for hydroxylation is 1. The molecule has 0 atom stereocenters. The summed E-state index contributed by atoms with van der Waals surface area (Å²) in [6, 6.07) is 5.36. The Kier molecular flexibility index (Phi) is 4.17. The van der Waals surface area contributed by atoms with Crippen LogP contribution in [0.3, 0.4) is 0 Å². The largest absolute Gasteiger partial charge is 0.295 e. The minimum absolute atomic E-state index is 0.164. The minimum Gasteiger partial charge on any atom is -0.295 e. The highest BCUT2D eigenvalue weighted by Crippen LogP contribution is 2.26. The maximum atomic E-state index is 11.6. The number of amides is 1. The van der Waals surface area contributed by atoms with Crippen molar-refractivity contribution < 1.29 is 4.79 Å². The fraction of sp³-hybridized carbons (Fsp3) is 0.182. The second-order valence-electron chi connectivity index (χ2n) is 3.60. The number of carbonyl (C=O) groups excluding carboxylic acids is 1. The van der Waals surface area contributed by atoms with E-state index in [1.165, 1.54) is 6.33 Å². The number of nitrogens with zero attached hydrogens (tertiary/aromatic N) is 2. The third-order valence-corrected chi connectivity index (χ3v) is 3.18. The van der Waals surface area contributed by atoms with Gasteiger partial charge >= 0.3 is 0 Å². The summed E-state index contributed by atoms with van der Waals surface area (Å²) in [5.74, 6) is 0.167. The Labute approximate surface area is 114 Å². The van der Waals surface area contributed by atoms with Gasteiger partial charge in [-0.1, -0.05) is 35.3 Å². The molecule has 18 heavy (non-hydrogen) atoms. The van der Waals surface area contributed by atoms with Gasteiger partial charge in [0, 0.05) is 6.42 Å². The Bertz CT molecular complexity index is 542. The number of H-pyrrole nitrogens is 1. The van der Waals surface area contributed by atoms with E-state index in [2.05, 4.69) is 20.5 Å². The number of benzene rings is 1. The summed E-state index contributed by atoms with van der Waals surface area (Å²) in [5, 5.41) is 9.74. The molecule has 0 radical (unpaired) electrons. The quantitative estimate of drug-likeness (QED) is 0.907. The van der Waals surface area contributed by atoms with Gasteiger partial charge in [-0.05, 0) is 18.1 Å². The second kappa shape index (κ2) is 5.84. The molecular formula is C11H10Cl2N4O. The highest BCUT2D eigenvalue weighted by Gasteiger charge is 2.08. The van der Waals surface area contributed by atoms with E-state index in [9.17, 15) is 4.79 Å². The van der Waals surface area contributed by atoms with E-state index < -0.39 is 0 Å². The number of hydrogen-bond donors (Lipinski definition) is 2. The fourth-order valence-electron chi connectivity index (χ4n) is 1.45. The summed E-state index contributed by atoms with van der Waals surface area (Å²) in [7, 11) is 0. The van der Waals surface area contributed by atoms with Crippen LogP contribution in [0.1, 0.15) is 12.0 Å². The standard InChI is InChI=1S/C11H10Cl2N4O/c12-8-3-1-2-7(10(8)13)4-5-9(18)16-11-14-6-15-17-11/h1-3,6H,4-5H2,(H2,14,15,16,17,18). The Hall–Kier alpha value is -1.59. The van der Waals surface area contributed by atoms with Gasteiger partial charge in [0.15, 0.2) is 0 Å². The average Bonchev–Trinajstić information content (AvgIpc) is 2.84. The first-order valence-corrected chi connectivity index (χ1v) is 6.00. The Morgan fingerprint density at radius 3 is 2.94 bits per heavy atom. The summed E-state index contributed by atoms with van der Waals surface area (Å²) < 4.78 is 0. The molecular weight excluding hydrogens is 275 g/mol. The lowest BCUT2D eigenvalue weighted by Gasteiger charge is -2.05. The summed E-state index contributed by atoms with van der Waals surface area (Å²) >= 11 is 11.9. The van der Waals surface area contributed by atoms with Crippen molar-refractivity contribution >= 4 is 35.1 Å². The molecule has 7 heteroatoms. The molecule has 5 nitrogen and oxygen atoms in total. The smallest absolute Gasteiger partial charge is 0.227 e. The molecule has 0 aliphatic heterocycles. The van der Waals surface area contributed by atoms with Crippen molar-refractivity contribution in [1.29, 1.82) is 0 Å². The summed E-state index contributed by atoms with van der Waals surface area (Å²) in [6.07, 6.45) is 2.13. The van der Waals surface area contributed by atoms with Crippen molar-refractivity contribution in [3.63, 3.8) is 0 Å². The number of aromatic amines is 1. The maximum Gasteiger partial charge on any atom is 0.227 e. The molecule has 1 amide bonds. The number of rotatable bonds is 4. The Balaban J connectivity index is 1.91. The number of anilines is 1. The number of carbonyl (C=O) groups is 1. The zero-order chi connectivity index (χ0) is 13.0. The topological polar surface area (TPSA) is 70.7 Å². The molecule has 0 aliphatic rings. The van der Waals surface area contributed by atoms with Gasteiger partial charge in [0.1, 0.15) is 6.33 Å². The number of halogens is 2. The highest BCUT2D eigenvalue weighted by atomic mass is 35.5. The SMILES string of the molecule is O=C(CCc1cccc(Cl)c1Cl)Nc1ncn[nH]1. The molecule has 1 aromatic heterocycles. The third-order valence-electron chi connectivity index (χ3n) is 2.33. The predicted octanol–water partition coefficient (Wildman–Crippen LogP) is 2.68. The average molecular weight is 285 g/mol. The molecule has 0 aliphatic carbocycles.